The molecule has 0 heterocycles. The van der Waals surface area contributed by atoms with Crippen LogP contribution in [0, 0.1) is 0 Å². The largest absolute Gasteiger partial charge is 0.478 e. The van der Waals surface area contributed by atoms with Crippen LogP contribution in [0.5, 0.6) is 0 Å². The summed E-state index contributed by atoms with van der Waals surface area (Å²) in [5, 5.41) is 12.1. The van der Waals surface area contributed by atoms with E-state index >= 15 is 0 Å². The van der Waals surface area contributed by atoms with Crippen LogP contribution in [0.25, 0.3) is 0 Å². The van der Waals surface area contributed by atoms with Crippen LogP contribution in [0.3, 0.4) is 0 Å². The number of primary amides is 1. The molecule has 102 valence electrons. The van der Waals surface area contributed by atoms with E-state index in [4.69, 9.17) is 10.8 Å². The van der Waals surface area contributed by atoms with Gasteiger partial charge in [0.1, 0.15) is 0 Å². The smallest absolute Gasteiger partial charge is 0.337 e. The van der Waals surface area contributed by atoms with Gasteiger partial charge in [-0.2, -0.15) is 0 Å². The summed E-state index contributed by atoms with van der Waals surface area (Å²) >= 11 is 0. The highest BCUT2D eigenvalue weighted by Crippen LogP contribution is 2.16. The van der Waals surface area contributed by atoms with Gasteiger partial charge in [0, 0.05) is 17.8 Å². The van der Waals surface area contributed by atoms with Gasteiger partial charge in [-0.05, 0) is 29.8 Å². The standard InChI is InChI=1S/C15H14N2O3/c16-14(18)11-5-3-4-10(8-11)9-17-13-7-2-1-6-12(13)15(19)20/h1-8,17H,9H2,(H2,16,18)(H,19,20). The molecule has 0 bridgehead atoms. The summed E-state index contributed by atoms with van der Waals surface area (Å²) in [7, 11) is 0. The summed E-state index contributed by atoms with van der Waals surface area (Å²) in [6, 6.07) is 13.5. The molecule has 5 heteroatoms. The molecule has 5 nitrogen and oxygen atoms in total. The molecule has 0 atom stereocenters. The van der Waals surface area contributed by atoms with Crippen molar-refractivity contribution in [3.05, 3.63) is 65.2 Å². The highest BCUT2D eigenvalue weighted by molar-refractivity contribution is 5.94. The lowest BCUT2D eigenvalue weighted by atomic mass is 10.1. The molecule has 0 aliphatic heterocycles. The minimum absolute atomic E-state index is 0.207. The number of carbonyl (C=O) groups is 2. The maximum absolute atomic E-state index is 11.1. The van der Waals surface area contributed by atoms with Gasteiger partial charge in [-0.1, -0.05) is 24.3 Å². The van der Waals surface area contributed by atoms with E-state index in [0.717, 1.165) is 5.56 Å². The molecule has 0 radical (unpaired) electrons. The summed E-state index contributed by atoms with van der Waals surface area (Å²) in [5.41, 5.74) is 7.23. The minimum Gasteiger partial charge on any atom is -0.478 e. The zero-order chi connectivity index (χ0) is 14.5. The number of nitrogens with two attached hydrogens (primary N) is 1. The van der Waals surface area contributed by atoms with Crippen LogP contribution in [0.15, 0.2) is 48.5 Å². The number of para-hydroxylation sites is 1. The summed E-state index contributed by atoms with van der Waals surface area (Å²) in [4.78, 5) is 22.2. The Labute approximate surface area is 116 Å². The van der Waals surface area contributed by atoms with Crippen molar-refractivity contribution in [1.82, 2.24) is 0 Å². The molecule has 2 aromatic rings. The Kier molecular flexibility index (Phi) is 4.00. The monoisotopic (exact) mass is 270 g/mol. The number of carboxylic acids is 1. The lowest BCUT2D eigenvalue weighted by molar-refractivity contribution is 0.0697. The van der Waals surface area contributed by atoms with Crippen molar-refractivity contribution < 1.29 is 14.7 Å². The Balaban J connectivity index is 2.15. The van der Waals surface area contributed by atoms with E-state index in [1.165, 1.54) is 6.07 Å². The number of nitrogens with one attached hydrogen (secondary N) is 1. The lowest BCUT2D eigenvalue weighted by Crippen LogP contribution is -2.12. The number of hydrogen-bond acceptors (Lipinski definition) is 3. The molecular weight excluding hydrogens is 256 g/mol. The molecule has 0 saturated heterocycles. The zero-order valence-corrected chi connectivity index (χ0v) is 10.7. The van der Waals surface area contributed by atoms with Gasteiger partial charge in [-0.3, -0.25) is 4.79 Å². The van der Waals surface area contributed by atoms with E-state index in [9.17, 15) is 9.59 Å². The van der Waals surface area contributed by atoms with Gasteiger partial charge in [0.25, 0.3) is 0 Å². The molecule has 0 spiro atoms. The third-order valence-electron chi connectivity index (χ3n) is 2.85. The Bertz CT molecular complexity index is 653. The average molecular weight is 270 g/mol. The van der Waals surface area contributed by atoms with Crippen molar-refractivity contribution in [3.8, 4) is 0 Å². The SMILES string of the molecule is NC(=O)c1cccc(CNc2ccccc2C(=O)O)c1. The van der Waals surface area contributed by atoms with Gasteiger partial charge in [-0.15, -0.1) is 0 Å². The topological polar surface area (TPSA) is 92.4 Å². The van der Waals surface area contributed by atoms with Gasteiger partial charge in [0.05, 0.1) is 5.56 Å². The fraction of sp³-hybridized carbons (Fsp3) is 0.0667. The molecule has 0 fully saturated rings. The van der Waals surface area contributed by atoms with E-state index in [-0.39, 0.29) is 5.56 Å². The van der Waals surface area contributed by atoms with E-state index in [2.05, 4.69) is 5.32 Å². The second kappa shape index (κ2) is 5.88. The fourth-order valence-electron chi connectivity index (χ4n) is 1.86. The molecule has 1 amide bonds. The van der Waals surface area contributed by atoms with Crippen LogP contribution in [-0.4, -0.2) is 17.0 Å². The number of hydrogen-bond donors (Lipinski definition) is 3. The quantitative estimate of drug-likeness (QED) is 0.775. The number of aromatic carboxylic acids is 1. The van der Waals surface area contributed by atoms with E-state index in [1.54, 1.807) is 36.4 Å². The minimum atomic E-state index is -0.987. The van der Waals surface area contributed by atoms with Crippen molar-refractivity contribution in [2.24, 2.45) is 5.73 Å². The normalized spacial score (nSPS) is 10.0. The number of carboxylic acid groups (broad SMARTS) is 1. The zero-order valence-electron chi connectivity index (χ0n) is 10.7. The molecule has 20 heavy (non-hydrogen) atoms. The Morgan fingerprint density at radius 3 is 2.55 bits per heavy atom. The third-order valence-corrected chi connectivity index (χ3v) is 2.85. The van der Waals surface area contributed by atoms with Crippen molar-refractivity contribution in [3.63, 3.8) is 0 Å². The van der Waals surface area contributed by atoms with Crippen LogP contribution >= 0.6 is 0 Å². The maximum atomic E-state index is 11.1. The van der Waals surface area contributed by atoms with Crippen molar-refractivity contribution in [2.75, 3.05) is 5.32 Å². The molecular formula is C15H14N2O3. The van der Waals surface area contributed by atoms with E-state index in [0.29, 0.717) is 17.8 Å². The summed E-state index contributed by atoms with van der Waals surface area (Å²) in [6.07, 6.45) is 0. The number of anilines is 1. The first-order valence-electron chi connectivity index (χ1n) is 6.03. The van der Waals surface area contributed by atoms with Crippen molar-refractivity contribution in [2.45, 2.75) is 6.54 Å². The first-order chi connectivity index (χ1) is 9.58. The molecule has 2 aromatic carbocycles. The fourth-order valence-corrected chi connectivity index (χ4v) is 1.86. The van der Waals surface area contributed by atoms with Crippen molar-refractivity contribution in [1.29, 1.82) is 0 Å². The molecule has 0 saturated carbocycles. The molecule has 0 aliphatic rings. The maximum Gasteiger partial charge on any atom is 0.337 e. The predicted octanol–water partition coefficient (Wildman–Crippen LogP) is 2.10. The Morgan fingerprint density at radius 1 is 1.10 bits per heavy atom. The van der Waals surface area contributed by atoms with Crippen LogP contribution < -0.4 is 11.1 Å². The highest BCUT2D eigenvalue weighted by atomic mass is 16.4. The third kappa shape index (κ3) is 3.14. The van der Waals surface area contributed by atoms with Gasteiger partial charge in [0.15, 0.2) is 0 Å². The summed E-state index contributed by atoms with van der Waals surface area (Å²) in [5.74, 6) is -1.48. The number of amides is 1. The van der Waals surface area contributed by atoms with E-state index in [1.807, 2.05) is 6.07 Å². The van der Waals surface area contributed by atoms with E-state index < -0.39 is 11.9 Å². The summed E-state index contributed by atoms with van der Waals surface area (Å²) in [6.45, 7) is 0.408. The van der Waals surface area contributed by atoms with Crippen LogP contribution in [0.4, 0.5) is 5.69 Å². The van der Waals surface area contributed by atoms with Crippen LogP contribution in [0.2, 0.25) is 0 Å². The van der Waals surface area contributed by atoms with Crippen molar-refractivity contribution >= 4 is 17.6 Å². The second-order valence-corrected chi connectivity index (χ2v) is 4.27. The molecule has 0 aliphatic carbocycles. The summed E-state index contributed by atoms with van der Waals surface area (Å²) < 4.78 is 0. The molecule has 0 aromatic heterocycles. The van der Waals surface area contributed by atoms with Gasteiger partial charge in [0.2, 0.25) is 5.91 Å². The highest BCUT2D eigenvalue weighted by Gasteiger charge is 2.08. The van der Waals surface area contributed by atoms with Crippen LogP contribution in [-0.2, 0) is 6.54 Å². The molecule has 0 unspecified atom stereocenters. The lowest BCUT2D eigenvalue weighted by Gasteiger charge is -2.10. The average Bonchev–Trinajstić information content (AvgIpc) is 2.45. The van der Waals surface area contributed by atoms with Gasteiger partial charge in [-0.25, -0.2) is 4.79 Å². The van der Waals surface area contributed by atoms with Crippen LogP contribution in [0.1, 0.15) is 26.3 Å². The Morgan fingerprint density at radius 2 is 1.85 bits per heavy atom. The van der Waals surface area contributed by atoms with Gasteiger partial charge < -0.3 is 16.2 Å². The first-order valence-corrected chi connectivity index (χ1v) is 6.03. The molecule has 4 N–H and O–H groups in total. The second-order valence-electron chi connectivity index (χ2n) is 4.27. The number of rotatable bonds is 5. The predicted molar refractivity (Wildman–Crippen MR) is 75.7 cm³/mol. The molecule has 2 rings (SSSR count). The van der Waals surface area contributed by atoms with Gasteiger partial charge >= 0.3 is 5.97 Å². The first kappa shape index (κ1) is 13.6. The Hall–Kier alpha value is -2.82. The number of benzene rings is 2. The number of carbonyl (C=O) groups excluding carboxylic acids is 1.